The molecule has 2 N–H and O–H groups in total. The van der Waals surface area contributed by atoms with Crippen molar-refractivity contribution in [2.45, 2.75) is 74.6 Å². The number of rotatable bonds is 5. The van der Waals surface area contributed by atoms with Gasteiger partial charge in [-0.1, -0.05) is 0 Å². The van der Waals surface area contributed by atoms with Crippen LogP contribution in [0.4, 0.5) is 10.3 Å². The van der Waals surface area contributed by atoms with E-state index in [0.29, 0.717) is 49.9 Å². The number of aliphatic hydroxyl groups is 1. The zero-order chi connectivity index (χ0) is 24.8. The number of pyridine rings is 1. The first-order valence-electron chi connectivity index (χ1n) is 12.2. The van der Waals surface area contributed by atoms with Gasteiger partial charge in [0.05, 0.1) is 22.9 Å². The fourth-order valence-corrected chi connectivity index (χ4v) is 7.49. The van der Waals surface area contributed by atoms with Gasteiger partial charge in [0, 0.05) is 44.0 Å². The van der Waals surface area contributed by atoms with E-state index in [0.717, 1.165) is 6.42 Å². The summed E-state index contributed by atoms with van der Waals surface area (Å²) in [5.74, 6) is 0.169. The van der Waals surface area contributed by atoms with Crippen LogP contribution in [0.1, 0.15) is 51.5 Å². The molecule has 12 heteroatoms. The van der Waals surface area contributed by atoms with Crippen molar-refractivity contribution in [3.63, 3.8) is 0 Å². The normalized spacial score (nSPS) is 31.1. The fourth-order valence-electron chi connectivity index (χ4n) is 5.57. The van der Waals surface area contributed by atoms with E-state index >= 15 is 4.39 Å². The minimum Gasteiger partial charge on any atom is -0.388 e. The van der Waals surface area contributed by atoms with Crippen LogP contribution in [0.2, 0.25) is 0 Å². The van der Waals surface area contributed by atoms with Crippen LogP contribution in [0.3, 0.4) is 0 Å². The summed E-state index contributed by atoms with van der Waals surface area (Å²) in [5.41, 5.74) is -0.898. The number of piperidine rings is 1. The van der Waals surface area contributed by atoms with Crippen LogP contribution in [0, 0.1) is 0 Å². The first-order valence-corrected chi connectivity index (χ1v) is 13.7. The van der Waals surface area contributed by atoms with Crippen LogP contribution in [0.5, 0.6) is 0 Å². The van der Waals surface area contributed by atoms with Gasteiger partial charge in [-0.2, -0.15) is 9.29 Å². The quantitative estimate of drug-likeness (QED) is 0.622. The summed E-state index contributed by atoms with van der Waals surface area (Å²) in [6, 6.07) is 2.01. The molecular formula is C23H32FN5O5S. The first-order chi connectivity index (χ1) is 16.7. The number of fused-ring (bicyclic) bond motifs is 1. The maximum Gasteiger partial charge on any atom is 0.252 e. The maximum absolute atomic E-state index is 15.1. The molecule has 1 saturated carbocycles. The topological polar surface area (TPSA) is 127 Å². The molecule has 0 radical (unpaired) electrons. The van der Waals surface area contributed by atoms with Gasteiger partial charge in [-0.3, -0.25) is 9.36 Å². The third kappa shape index (κ3) is 4.68. The summed E-state index contributed by atoms with van der Waals surface area (Å²) in [7, 11) is -3.58. The lowest BCUT2D eigenvalue weighted by molar-refractivity contribution is 0.0267. The van der Waals surface area contributed by atoms with Crippen LogP contribution in [-0.2, 0) is 14.8 Å². The van der Waals surface area contributed by atoms with Crippen LogP contribution in [-0.4, -0.2) is 81.7 Å². The summed E-state index contributed by atoms with van der Waals surface area (Å²) in [5, 5.41) is 13.9. The molecule has 0 spiro atoms. The van der Waals surface area contributed by atoms with Crippen LogP contribution in [0.15, 0.2) is 23.1 Å². The van der Waals surface area contributed by atoms with Gasteiger partial charge < -0.3 is 15.2 Å². The van der Waals surface area contributed by atoms with Crippen molar-refractivity contribution in [1.29, 1.82) is 0 Å². The smallest absolute Gasteiger partial charge is 0.252 e. The highest BCUT2D eigenvalue weighted by molar-refractivity contribution is 7.89. The third-order valence-electron chi connectivity index (χ3n) is 7.63. The lowest BCUT2D eigenvalue weighted by Gasteiger charge is -2.37. The molecule has 2 aliphatic heterocycles. The Balaban J connectivity index is 1.35. The number of nitrogens with zero attached hydrogens (tertiary/aromatic N) is 4. The molecule has 0 aromatic carbocycles. The molecule has 0 amide bonds. The van der Waals surface area contributed by atoms with E-state index in [1.54, 1.807) is 19.2 Å². The fraction of sp³-hybridized carbons (Fsp3) is 0.696. The molecule has 0 unspecified atom stereocenters. The van der Waals surface area contributed by atoms with E-state index in [4.69, 9.17) is 4.74 Å². The molecule has 35 heavy (non-hydrogen) atoms. The summed E-state index contributed by atoms with van der Waals surface area (Å²) in [6.07, 6.45) is 3.31. The maximum atomic E-state index is 15.1. The van der Waals surface area contributed by atoms with E-state index in [1.165, 1.54) is 14.9 Å². The second kappa shape index (κ2) is 9.38. The number of hydrogen-bond donors (Lipinski definition) is 2. The lowest BCUT2D eigenvalue weighted by Crippen LogP contribution is -2.52. The summed E-state index contributed by atoms with van der Waals surface area (Å²) in [6.45, 7) is 2.52. The average Bonchev–Trinajstić information content (AvgIpc) is 3.19. The summed E-state index contributed by atoms with van der Waals surface area (Å²) < 4.78 is 49.1. The Kier molecular flexibility index (Phi) is 6.58. The van der Waals surface area contributed by atoms with Crippen molar-refractivity contribution in [1.82, 2.24) is 18.8 Å². The second-order valence-corrected chi connectivity index (χ2v) is 12.3. The van der Waals surface area contributed by atoms with Crippen LogP contribution in [0.25, 0.3) is 11.0 Å². The van der Waals surface area contributed by atoms with E-state index in [9.17, 15) is 18.3 Å². The van der Waals surface area contributed by atoms with Gasteiger partial charge in [0.15, 0.2) is 0 Å². The van der Waals surface area contributed by atoms with E-state index in [1.807, 2.05) is 0 Å². The zero-order valence-electron chi connectivity index (χ0n) is 19.8. The molecule has 0 bridgehead atoms. The van der Waals surface area contributed by atoms with E-state index < -0.39 is 39.1 Å². The number of nitrogens with one attached hydrogen (secondary N) is 1. The van der Waals surface area contributed by atoms with Gasteiger partial charge in [0.2, 0.25) is 16.0 Å². The number of hydrogen-bond acceptors (Lipinski definition) is 8. The van der Waals surface area contributed by atoms with E-state index in [2.05, 4.69) is 15.3 Å². The number of aromatic nitrogens is 3. The number of ether oxygens (including phenoxy) is 1. The molecule has 192 valence electrons. The van der Waals surface area contributed by atoms with Gasteiger partial charge in [0.1, 0.15) is 11.8 Å². The Morgan fingerprint density at radius 2 is 2.00 bits per heavy atom. The molecule has 1 aliphatic carbocycles. The monoisotopic (exact) mass is 509 g/mol. The van der Waals surface area contributed by atoms with Crippen molar-refractivity contribution >= 4 is 27.0 Å². The Morgan fingerprint density at radius 1 is 1.23 bits per heavy atom. The molecule has 3 fully saturated rings. The molecule has 3 aliphatic rings. The molecule has 5 rings (SSSR count). The average molecular weight is 510 g/mol. The van der Waals surface area contributed by atoms with Crippen LogP contribution >= 0.6 is 0 Å². The Bertz CT molecular complexity index is 1250. The van der Waals surface area contributed by atoms with Crippen molar-refractivity contribution in [2.24, 2.45) is 0 Å². The summed E-state index contributed by atoms with van der Waals surface area (Å²) >= 11 is 0. The molecule has 4 heterocycles. The van der Waals surface area contributed by atoms with Gasteiger partial charge in [-0.15, -0.1) is 0 Å². The highest BCUT2D eigenvalue weighted by Gasteiger charge is 2.41. The highest BCUT2D eigenvalue weighted by Crippen LogP contribution is 2.39. The zero-order valence-corrected chi connectivity index (χ0v) is 20.6. The van der Waals surface area contributed by atoms with Crippen molar-refractivity contribution in [2.75, 3.05) is 31.6 Å². The number of sulfonamides is 1. The molecule has 2 aromatic heterocycles. The molecule has 2 saturated heterocycles. The largest absolute Gasteiger partial charge is 0.388 e. The SMILES string of the molecule is C[C@@]1(O)CCC[C@H]1n1c(=O)ccc2cnc(N[C@H]3CCN(S(=O)(=O)C4CCOCC4)C[C@@H]3F)nc21. The lowest BCUT2D eigenvalue weighted by atomic mass is 10.00. The molecule has 4 atom stereocenters. The highest BCUT2D eigenvalue weighted by atomic mass is 32.2. The van der Waals surface area contributed by atoms with Gasteiger partial charge in [-0.05, 0) is 51.5 Å². The molecule has 10 nitrogen and oxygen atoms in total. The minimum atomic E-state index is -3.58. The van der Waals surface area contributed by atoms with Gasteiger partial charge in [0.25, 0.3) is 5.56 Å². The first kappa shape index (κ1) is 24.5. The van der Waals surface area contributed by atoms with Crippen molar-refractivity contribution in [3.8, 4) is 0 Å². The minimum absolute atomic E-state index is 0.169. The van der Waals surface area contributed by atoms with Gasteiger partial charge >= 0.3 is 0 Å². The van der Waals surface area contributed by atoms with E-state index in [-0.39, 0.29) is 31.0 Å². The molecule has 2 aromatic rings. The predicted molar refractivity (Wildman–Crippen MR) is 129 cm³/mol. The Labute approximate surface area is 203 Å². The van der Waals surface area contributed by atoms with Gasteiger partial charge in [-0.25, -0.2) is 17.8 Å². The van der Waals surface area contributed by atoms with Crippen molar-refractivity contribution in [3.05, 3.63) is 28.7 Å². The molecular weight excluding hydrogens is 477 g/mol. The number of halogens is 1. The summed E-state index contributed by atoms with van der Waals surface area (Å²) in [4.78, 5) is 21.6. The second-order valence-electron chi connectivity index (χ2n) is 10.0. The van der Waals surface area contributed by atoms with Crippen LogP contribution < -0.4 is 10.9 Å². The third-order valence-corrected chi connectivity index (χ3v) is 9.99. The predicted octanol–water partition coefficient (Wildman–Crippen LogP) is 1.60. The standard InChI is InChI=1S/C23H32FN5O5S/c1-23(31)9-2-3-19(23)29-20(30)5-4-15-13-25-22(27-21(15)29)26-18-6-10-28(14-17(18)24)35(32,33)16-7-11-34-12-8-16/h4-5,13,16-19,31H,2-3,6-12,14H2,1H3,(H,25,26,27)/t17-,18-,19+,23+/m0/s1. The Morgan fingerprint density at radius 3 is 2.69 bits per heavy atom. The number of alkyl halides is 1. The Hall–Kier alpha value is -2.15. The number of anilines is 1. The van der Waals surface area contributed by atoms with Crippen molar-refractivity contribution < 1.29 is 22.7 Å².